The molecule has 1 fully saturated rings. The van der Waals surface area contributed by atoms with Gasteiger partial charge in [0.15, 0.2) is 9.84 Å². The maximum atomic E-state index is 11.8. The number of benzene rings is 1. The highest BCUT2D eigenvalue weighted by Gasteiger charge is 2.21. The molecule has 2 rings (SSSR count). The van der Waals surface area contributed by atoms with E-state index < -0.39 is 9.84 Å². The van der Waals surface area contributed by atoms with Gasteiger partial charge in [-0.3, -0.25) is 10.1 Å². The van der Waals surface area contributed by atoms with E-state index >= 15 is 0 Å². The van der Waals surface area contributed by atoms with Gasteiger partial charge in [-0.2, -0.15) is 0 Å². The van der Waals surface area contributed by atoms with Gasteiger partial charge in [-0.15, -0.1) is 24.2 Å². The van der Waals surface area contributed by atoms with Gasteiger partial charge in [0.25, 0.3) is 0 Å². The second kappa shape index (κ2) is 7.31. The van der Waals surface area contributed by atoms with Gasteiger partial charge < -0.3 is 5.32 Å². The van der Waals surface area contributed by atoms with Gasteiger partial charge >= 0.3 is 0 Å². The van der Waals surface area contributed by atoms with Gasteiger partial charge in [0.2, 0.25) is 5.91 Å². The molecule has 5 nitrogen and oxygen atoms in total. The van der Waals surface area contributed by atoms with Crippen LogP contribution in [0.3, 0.4) is 0 Å². The first-order chi connectivity index (χ1) is 8.97. The highest BCUT2D eigenvalue weighted by atomic mass is 35.5. The first-order valence-electron chi connectivity index (χ1n) is 5.84. The molecule has 1 amide bonds. The zero-order chi connectivity index (χ0) is 13.9. The van der Waals surface area contributed by atoms with Crippen LogP contribution in [0.1, 0.15) is 5.56 Å². The third-order valence-electron chi connectivity index (χ3n) is 2.85. The van der Waals surface area contributed by atoms with Crippen molar-refractivity contribution in [1.82, 2.24) is 10.6 Å². The van der Waals surface area contributed by atoms with Crippen LogP contribution in [0.5, 0.6) is 0 Å². The normalized spacial score (nSPS) is 18.4. The van der Waals surface area contributed by atoms with Gasteiger partial charge in [-0.05, 0) is 17.7 Å². The number of nitrogens with one attached hydrogen (secondary N) is 2. The molecule has 20 heavy (non-hydrogen) atoms. The monoisotopic (exact) mass is 336 g/mol. The van der Waals surface area contributed by atoms with Crippen LogP contribution in [0.2, 0.25) is 0 Å². The number of halogens is 1. The second-order valence-corrected chi connectivity index (χ2v) is 7.45. The summed E-state index contributed by atoms with van der Waals surface area (Å²) in [6, 6.07) is 6.42. The van der Waals surface area contributed by atoms with Crippen LogP contribution in [0.25, 0.3) is 0 Å². The fourth-order valence-electron chi connectivity index (χ4n) is 1.73. The molecule has 1 aromatic rings. The van der Waals surface area contributed by atoms with E-state index in [0.717, 1.165) is 17.2 Å². The summed E-state index contributed by atoms with van der Waals surface area (Å²) in [5, 5.41) is 5.93. The molecule has 2 N–H and O–H groups in total. The first kappa shape index (κ1) is 17.3. The van der Waals surface area contributed by atoms with Crippen LogP contribution in [0.4, 0.5) is 0 Å². The molecule has 0 bridgehead atoms. The van der Waals surface area contributed by atoms with Crippen molar-refractivity contribution >= 4 is 39.9 Å². The zero-order valence-corrected chi connectivity index (χ0v) is 13.4. The van der Waals surface area contributed by atoms with Crippen molar-refractivity contribution in [3.63, 3.8) is 0 Å². The number of amides is 1. The zero-order valence-electron chi connectivity index (χ0n) is 11.0. The summed E-state index contributed by atoms with van der Waals surface area (Å²) in [5.41, 5.74) is 0.881. The minimum atomic E-state index is -3.16. The van der Waals surface area contributed by atoms with Crippen LogP contribution in [0, 0.1) is 0 Å². The molecule has 0 saturated carbocycles. The molecule has 1 saturated heterocycles. The summed E-state index contributed by atoms with van der Waals surface area (Å²) >= 11 is 1.70. The van der Waals surface area contributed by atoms with Crippen molar-refractivity contribution in [2.45, 2.75) is 17.5 Å². The molecule has 1 unspecified atom stereocenters. The van der Waals surface area contributed by atoms with Crippen molar-refractivity contribution in [1.29, 1.82) is 0 Å². The van der Waals surface area contributed by atoms with E-state index in [1.165, 1.54) is 6.26 Å². The Morgan fingerprint density at radius 3 is 2.55 bits per heavy atom. The highest BCUT2D eigenvalue weighted by Crippen LogP contribution is 2.11. The minimum Gasteiger partial charge on any atom is -0.351 e. The summed E-state index contributed by atoms with van der Waals surface area (Å²) in [6.07, 6.45) is 1.17. The molecular weight excluding hydrogens is 320 g/mol. The Balaban J connectivity index is 0.00000200. The molecule has 1 aliphatic rings. The highest BCUT2D eigenvalue weighted by molar-refractivity contribution is 7.99. The number of carbonyl (C=O) groups is 1. The third kappa shape index (κ3) is 4.66. The van der Waals surface area contributed by atoms with E-state index in [1.54, 1.807) is 36.0 Å². The molecule has 0 radical (unpaired) electrons. The fourth-order valence-corrected chi connectivity index (χ4v) is 3.30. The standard InChI is InChI=1S/C12H16N2O3S2.ClH/c1-19(16,17)10-4-2-9(3-5-10)6-13-12(15)11-7-18-8-14-11;/h2-5,11,14H,6-8H2,1H3,(H,13,15);1H. The molecule has 0 spiro atoms. The lowest BCUT2D eigenvalue weighted by atomic mass is 10.2. The average molecular weight is 337 g/mol. The number of hydrogen-bond acceptors (Lipinski definition) is 5. The van der Waals surface area contributed by atoms with E-state index in [4.69, 9.17) is 0 Å². The number of carbonyl (C=O) groups excluding carboxylic acids is 1. The largest absolute Gasteiger partial charge is 0.351 e. The smallest absolute Gasteiger partial charge is 0.238 e. The molecule has 0 aliphatic carbocycles. The van der Waals surface area contributed by atoms with Crippen molar-refractivity contribution in [3.05, 3.63) is 29.8 Å². The van der Waals surface area contributed by atoms with Crippen LogP contribution >= 0.6 is 24.2 Å². The fraction of sp³-hybridized carbons (Fsp3) is 0.417. The van der Waals surface area contributed by atoms with Crippen LogP contribution in [0.15, 0.2) is 29.2 Å². The van der Waals surface area contributed by atoms with Crippen LogP contribution in [-0.4, -0.2) is 38.3 Å². The SMILES string of the molecule is CS(=O)(=O)c1ccc(CNC(=O)C2CSCN2)cc1.Cl. The summed E-state index contributed by atoms with van der Waals surface area (Å²) in [6.45, 7) is 0.408. The van der Waals surface area contributed by atoms with E-state index in [0.29, 0.717) is 6.54 Å². The Morgan fingerprint density at radius 2 is 2.05 bits per heavy atom. The average Bonchev–Trinajstić information content (AvgIpc) is 2.89. The van der Waals surface area contributed by atoms with E-state index in [2.05, 4.69) is 10.6 Å². The summed E-state index contributed by atoms with van der Waals surface area (Å²) < 4.78 is 22.6. The lowest BCUT2D eigenvalue weighted by molar-refractivity contribution is -0.122. The molecule has 1 aliphatic heterocycles. The molecule has 8 heteroatoms. The Bertz CT molecular complexity index is 555. The number of hydrogen-bond donors (Lipinski definition) is 2. The maximum absolute atomic E-state index is 11.8. The predicted octanol–water partition coefficient (Wildman–Crippen LogP) is 0.791. The Labute approximate surface area is 129 Å². The minimum absolute atomic E-state index is 0. The van der Waals surface area contributed by atoms with Crippen LogP contribution in [-0.2, 0) is 21.2 Å². The van der Waals surface area contributed by atoms with E-state index in [-0.39, 0.29) is 29.3 Å². The van der Waals surface area contributed by atoms with Gasteiger partial charge in [0.1, 0.15) is 0 Å². The van der Waals surface area contributed by atoms with Gasteiger partial charge in [-0.1, -0.05) is 12.1 Å². The van der Waals surface area contributed by atoms with E-state index in [9.17, 15) is 13.2 Å². The summed E-state index contributed by atoms with van der Waals surface area (Å²) in [5.74, 6) is 1.58. The lowest BCUT2D eigenvalue weighted by Crippen LogP contribution is -2.41. The summed E-state index contributed by atoms with van der Waals surface area (Å²) in [4.78, 5) is 12.1. The predicted molar refractivity (Wildman–Crippen MR) is 82.9 cm³/mol. The van der Waals surface area contributed by atoms with Crippen molar-refractivity contribution in [3.8, 4) is 0 Å². The Kier molecular flexibility index (Phi) is 6.32. The first-order valence-corrected chi connectivity index (χ1v) is 8.89. The molecule has 112 valence electrons. The van der Waals surface area contributed by atoms with Crippen LogP contribution < -0.4 is 10.6 Å². The quantitative estimate of drug-likeness (QED) is 0.850. The molecule has 1 heterocycles. The van der Waals surface area contributed by atoms with Gasteiger partial charge in [0.05, 0.1) is 10.9 Å². The van der Waals surface area contributed by atoms with Gasteiger partial charge in [0, 0.05) is 24.4 Å². The van der Waals surface area contributed by atoms with E-state index in [1.807, 2.05) is 0 Å². The topological polar surface area (TPSA) is 75.3 Å². The molecular formula is C12H17ClN2O3S2. The molecule has 1 atom stereocenters. The Hall–Kier alpha value is -0.760. The number of sulfone groups is 1. The second-order valence-electron chi connectivity index (χ2n) is 4.41. The van der Waals surface area contributed by atoms with Crippen molar-refractivity contribution in [2.75, 3.05) is 17.9 Å². The van der Waals surface area contributed by atoms with Crippen molar-refractivity contribution in [2.24, 2.45) is 0 Å². The number of rotatable bonds is 4. The van der Waals surface area contributed by atoms with Crippen molar-refractivity contribution < 1.29 is 13.2 Å². The lowest BCUT2D eigenvalue weighted by Gasteiger charge is -2.10. The summed E-state index contributed by atoms with van der Waals surface area (Å²) in [7, 11) is -3.16. The van der Waals surface area contributed by atoms with Gasteiger partial charge in [-0.25, -0.2) is 8.42 Å². The Morgan fingerprint density at radius 1 is 1.40 bits per heavy atom. The maximum Gasteiger partial charge on any atom is 0.238 e. The molecule has 1 aromatic carbocycles. The third-order valence-corrected chi connectivity index (χ3v) is 4.92. The number of thioether (sulfide) groups is 1. The molecule has 0 aromatic heterocycles.